The second-order valence-corrected chi connectivity index (χ2v) is 5.91. The Morgan fingerprint density at radius 1 is 1.12 bits per heavy atom. The van der Waals surface area contributed by atoms with Gasteiger partial charge in [-0.05, 0) is 42.3 Å². The Bertz CT molecular complexity index is 951. The Balaban J connectivity index is 1.49. The minimum absolute atomic E-state index is 0.113. The number of fused-ring (bicyclic) bond motifs is 1. The molecule has 1 amide bonds. The van der Waals surface area contributed by atoms with E-state index in [2.05, 4.69) is 5.32 Å². The molecule has 0 atom stereocenters. The lowest BCUT2D eigenvalue weighted by atomic mass is 10.1. The molecular formula is C19H16ClNO4. The number of nitrogens with one attached hydrogen (secondary N) is 1. The first kappa shape index (κ1) is 17.0. The fourth-order valence-corrected chi connectivity index (χ4v) is 2.58. The van der Waals surface area contributed by atoms with Gasteiger partial charge in [-0.2, -0.15) is 0 Å². The molecule has 0 spiro atoms. The van der Waals surface area contributed by atoms with Gasteiger partial charge in [0.1, 0.15) is 11.3 Å². The average molecular weight is 358 g/mol. The molecule has 2 aromatic carbocycles. The number of ether oxygens (including phenoxy) is 1. The summed E-state index contributed by atoms with van der Waals surface area (Å²) < 4.78 is 10.5. The van der Waals surface area contributed by atoms with Gasteiger partial charge in [-0.1, -0.05) is 23.7 Å². The van der Waals surface area contributed by atoms with Crippen LogP contribution in [0.3, 0.4) is 0 Å². The van der Waals surface area contributed by atoms with Crippen molar-refractivity contribution >= 4 is 28.5 Å². The van der Waals surface area contributed by atoms with Crippen LogP contribution in [0.5, 0.6) is 5.75 Å². The number of benzene rings is 2. The highest BCUT2D eigenvalue weighted by Gasteiger charge is 2.05. The molecule has 0 saturated heterocycles. The highest BCUT2D eigenvalue weighted by Crippen LogP contribution is 2.19. The summed E-state index contributed by atoms with van der Waals surface area (Å²) in [6.45, 7) is 0.382. The maximum atomic E-state index is 11.9. The predicted molar refractivity (Wildman–Crippen MR) is 96.1 cm³/mol. The Morgan fingerprint density at radius 3 is 2.80 bits per heavy atom. The van der Waals surface area contributed by atoms with Crippen molar-refractivity contribution in [3.05, 3.63) is 75.6 Å². The zero-order valence-corrected chi connectivity index (χ0v) is 14.1. The van der Waals surface area contributed by atoms with E-state index in [4.69, 9.17) is 20.8 Å². The molecule has 0 unspecified atom stereocenters. The standard InChI is InChI=1S/C19H16ClNO4/c20-15-3-1-2-13(10-15)8-9-21-18(22)12-24-16-6-4-14-5-7-19(23)25-17(14)11-16/h1-7,10-11H,8-9,12H2,(H,21,22). The first-order valence-electron chi connectivity index (χ1n) is 7.78. The second kappa shape index (κ2) is 7.85. The molecule has 25 heavy (non-hydrogen) atoms. The van der Waals surface area contributed by atoms with E-state index in [0.29, 0.717) is 29.3 Å². The topological polar surface area (TPSA) is 68.5 Å². The highest BCUT2D eigenvalue weighted by molar-refractivity contribution is 6.30. The largest absolute Gasteiger partial charge is 0.484 e. The van der Waals surface area contributed by atoms with Crippen molar-refractivity contribution in [2.45, 2.75) is 6.42 Å². The predicted octanol–water partition coefficient (Wildman–Crippen LogP) is 3.18. The van der Waals surface area contributed by atoms with E-state index in [1.807, 2.05) is 24.3 Å². The molecule has 128 valence electrons. The van der Waals surface area contributed by atoms with Gasteiger partial charge in [0.05, 0.1) is 0 Å². The van der Waals surface area contributed by atoms with Gasteiger partial charge in [0.15, 0.2) is 6.61 Å². The first-order valence-corrected chi connectivity index (χ1v) is 8.16. The summed E-state index contributed by atoms with van der Waals surface area (Å²) in [4.78, 5) is 23.1. The Kier molecular flexibility index (Phi) is 5.36. The van der Waals surface area contributed by atoms with Crippen molar-refractivity contribution in [1.29, 1.82) is 0 Å². The van der Waals surface area contributed by atoms with Gasteiger partial charge in [-0.15, -0.1) is 0 Å². The Labute approximate surface area is 149 Å². The number of hydrogen-bond acceptors (Lipinski definition) is 4. The van der Waals surface area contributed by atoms with Gasteiger partial charge in [0.25, 0.3) is 5.91 Å². The Morgan fingerprint density at radius 2 is 1.96 bits per heavy atom. The van der Waals surface area contributed by atoms with Gasteiger partial charge in [0.2, 0.25) is 0 Å². The van der Waals surface area contributed by atoms with E-state index < -0.39 is 5.63 Å². The van der Waals surface area contributed by atoms with Gasteiger partial charge in [-0.3, -0.25) is 4.79 Å². The van der Waals surface area contributed by atoms with Crippen LogP contribution in [0.15, 0.2) is 63.8 Å². The zero-order valence-electron chi connectivity index (χ0n) is 13.3. The Hall–Kier alpha value is -2.79. The number of carbonyl (C=O) groups is 1. The van der Waals surface area contributed by atoms with E-state index in [9.17, 15) is 9.59 Å². The molecule has 1 heterocycles. The van der Waals surface area contributed by atoms with Crippen LogP contribution in [0.25, 0.3) is 11.0 Å². The molecule has 6 heteroatoms. The molecule has 3 aromatic rings. The van der Waals surface area contributed by atoms with E-state index in [1.165, 1.54) is 6.07 Å². The monoisotopic (exact) mass is 357 g/mol. The number of amides is 1. The third kappa shape index (κ3) is 4.84. The van der Waals surface area contributed by atoms with Gasteiger partial charge in [0, 0.05) is 29.1 Å². The molecule has 0 fully saturated rings. The molecule has 0 aliphatic carbocycles. The lowest BCUT2D eigenvalue weighted by Gasteiger charge is -2.08. The summed E-state index contributed by atoms with van der Waals surface area (Å²) in [7, 11) is 0. The quantitative estimate of drug-likeness (QED) is 0.688. The average Bonchev–Trinajstić information content (AvgIpc) is 2.59. The first-order chi connectivity index (χ1) is 12.1. The maximum Gasteiger partial charge on any atom is 0.336 e. The molecule has 0 aliphatic heterocycles. The van der Waals surface area contributed by atoms with Gasteiger partial charge < -0.3 is 14.5 Å². The van der Waals surface area contributed by atoms with E-state index in [-0.39, 0.29) is 12.5 Å². The maximum absolute atomic E-state index is 11.9. The number of carbonyl (C=O) groups excluding carboxylic acids is 1. The van der Waals surface area contributed by atoms with Crippen molar-refractivity contribution < 1.29 is 13.9 Å². The molecule has 0 radical (unpaired) electrons. The molecule has 3 rings (SSSR count). The molecule has 0 saturated carbocycles. The summed E-state index contributed by atoms with van der Waals surface area (Å²) >= 11 is 5.92. The van der Waals surface area contributed by atoms with Crippen molar-refractivity contribution in [3.8, 4) is 5.75 Å². The van der Waals surface area contributed by atoms with Crippen LogP contribution in [0, 0.1) is 0 Å². The molecule has 5 nitrogen and oxygen atoms in total. The lowest BCUT2D eigenvalue weighted by molar-refractivity contribution is -0.123. The lowest BCUT2D eigenvalue weighted by Crippen LogP contribution is -2.30. The third-order valence-corrected chi connectivity index (χ3v) is 3.82. The summed E-state index contributed by atoms with van der Waals surface area (Å²) in [5, 5.41) is 4.25. The van der Waals surface area contributed by atoms with Crippen molar-refractivity contribution in [1.82, 2.24) is 5.32 Å². The van der Waals surface area contributed by atoms with Crippen LogP contribution in [0.2, 0.25) is 5.02 Å². The number of rotatable bonds is 6. The molecule has 1 N–H and O–H groups in total. The van der Waals surface area contributed by atoms with Crippen LogP contribution in [-0.2, 0) is 11.2 Å². The molecule has 1 aromatic heterocycles. The van der Waals surface area contributed by atoms with E-state index in [1.54, 1.807) is 24.3 Å². The fraction of sp³-hybridized carbons (Fsp3) is 0.158. The van der Waals surface area contributed by atoms with Crippen molar-refractivity contribution in [3.63, 3.8) is 0 Å². The van der Waals surface area contributed by atoms with Crippen LogP contribution in [0.4, 0.5) is 0 Å². The van der Waals surface area contributed by atoms with Crippen LogP contribution in [-0.4, -0.2) is 19.1 Å². The van der Waals surface area contributed by atoms with Crippen LogP contribution >= 0.6 is 11.6 Å². The summed E-state index contributed by atoms with van der Waals surface area (Å²) in [6.07, 6.45) is 0.688. The highest BCUT2D eigenvalue weighted by atomic mass is 35.5. The minimum Gasteiger partial charge on any atom is -0.484 e. The molecule has 0 aliphatic rings. The van der Waals surface area contributed by atoms with Crippen molar-refractivity contribution in [2.75, 3.05) is 13.2 Å². The van der Waals surface area contributed by atoms with E-state index in [0.717, 1.165) is 10.9 Å². The van der Waals surface area contributed by atoms with Gasteiger partial charge >= 0.3 is 5.63 Å². The minimum atomic E-state index is -0.427. The van der Waals surface area contributed by atoms with Gasteiger partial charge in [-0.25, -0.2) is 4.79 Å². The smallest absolute Gasteiger partial charge is 0.336 e. The van der Waals surface area contributed by atoms with Crippen molar-refractivity contribution in [2.24, 2.45) is 0 Å². The summed E-state index contributed by atoms with van der Waals surface area (Å²) in [5.41, 5.74) is 1.05. The SMILES string of the molecule is O=C(COc1ccc2ccc(=O)oc2c1)NCCc1cccc(Cl)c1. The van der Waals surface area contributed by atoms with Crippen LogP contribution in [0.1, 0.15) is 5.56 Å². The number of halogens is 1. The molecular weight excluding hydrogens is 342 g/mol. The second-order valence-electron chi connectivity index (χ2n) is 5.47. The van der Waals surface area contributed by atoms with E-state index >= 15 is 0 Å². The van der Waals surface area contributed by atoms with Crippen LogP contribution < -0.4 is 15.7 Å². The fourth-order valence-electron chi connectivity index (χ4n) is 2.37. The molecule has 0 bridgehead atoms. The normalized spacial score (nSPS) is 10.6. The summed E-state index contributed by atoms with van der Waals surface area (Å²) in [5.74, 6) is 0.239. The number of hydrogen-bond donors (Lipinski definition) is 1. The zero-order chi connectivity index (χ0) is 17.6. The third-order valence-electron chi connectivity index (χ3n) is 3.59. The summed E-state index contributed by atoms with van der Waals surface area (Å²) in [6, 6.07) is 15.6.